The van der Waals surface area contributed by atoms with Gasteiger partial charge in [0.1, 0.15) is 5.82 Å². The molecular weight excluding hydrogens is 261 g/mol. The molecule has 0 unspecified atom stereocenters. The summed E-state index contributed by atoms with van der Waals surface area (Å²) < 4.78 is 38.6. The van der Waals surface area contributed by atoms with Crippen molar-refractivity contribution in [3.8, 4) is 0 Å². The third-order valence-corrected chi connectivity index (χ3v) is 3.63. The molecule has 18 heavy (non-hydrogen) atoms. The lowest BCUT2D eigenvalue weighted by Gasteiger charge is -2.05. The van der Waals surface area contributed by atoms with Crippen LogP contribution in [0.4, 0.5) is 4.39 Å². The van der Waals surface area contributed by atoms with Gasteiger partial charge in [0.2, 0.25) is 10.0 Å². The van der Waals surface area contributed by atoms with Crippen LogP contribution in [0.3, 0.4) is 0 Å². The monoisotopic (exact) mass is 271 g/mol. The van der Waals surface area contributed by atoms with E-state index in [1.807, 2.05) is 0 Å². The summed E-state index contributed by atoms with van der Waals surface area (Å²) in [4.78, 5) is 0.0111. The molecule has 0 atom stereocenters. The van der Waals surface area contributed by atoms with Crippen LogP contribution in [0, 0.1) is 5.82 Å². The molecule has 0 aliphatic rings. The summed E-state index contributed by atoms with van der Waals surface area (Å²) >= 11 is 0. The van der Waals surface area contributed by atoms with Gasteiger partial charge in [0.25, 0.3) is 0 Å². The largest absolute Gasteiger partial charge is 0.240 e. The molecule has 0 spiro atoms. The van der Waals surface area contributed by atoms with Gasteiger partial charge in [0, 0.05) is 13.0 Å². The quantitative estimate of drug-likeness (QED) is 0.788. The van der Waals surface area contributed by atoms with E-state index >= 15 is 0 Å². The van der Waals surface area contributed by atoms with Crippen molar-refractivity contribution >= 4 is 10.0 Å². The standard InChI is InChI=1S/C9H10FN5O2S/c10-7-1-3-8(4-2-7)18(16,17)11-6-5-9-12-14-15-13-9/h1-4,11H,5-6H2,(H,12,13,14,15). The Morgan fingerprint density at radius 1 is 1.28 bits per heavy atom. The molecule has 9 heteroatoms. The van der Waals surface area contributed by atoms with Crippen LogP contribution in [-0.2, 0) is 16.4 Å². The lowest BCUT2D eigenvalue weighted by molar-refractivity contribution is 0.580. The van der Waals surface area contributed by atoms with Gasteiger partial charge in [-0.25, -0.2) is 17.5 Å². The number of aromatic nitrogens is 4. The Kier molecular flexibility index (Phi) is 3.63. The van der Waals surface area contributed by atoms with E-state index in [2.05, 4.69) is 25.3 Å². The average Bonchev–Trinajstić information content (AvgIpc) is 2.82. The molecule has 7 nitrogen and oxygen atoms in total. The zero-order chi connectivity index (χ0) is 13.0. The summed E-state index contributed by atoms with van der Waals surface area (Å²) in [6.45, 7) is 0.138. The summed E-state index contributed by atoms with van der Waals surface area (Å²) in [5, 5.41) is 13.0. The molecule has 2 rings (SSSR count). The highest BCUT2D eigenvalue weighted by atomic mass is 32.2. The minimum Gasteiger partial charge on any atom is -0.211 e. The molecule has 0 saturated carbocycles. The molecule has 96 valence electrons. The second-order valence-electron chi connectivity index (χ2n) is 3.43. The number of sulfonamides is 1. The van der Waals surface area contributed by atoms with E-state index in [1.54, 1.807) is 0 Å². The second kappa shape index (κ2) is 5.19. The normalized spacial score (nSPS) is 11.6. The van der Waals surface area contributed by atoms with Crippen LogP contribution in [0.15, 0.2) is 29.2 Å². The molecule has 0 amide bonds. The minimum absolute atomic E-state index is 0.0111. The molecule has 0 aliphatic heterocycles. The van der Waals surface area contributed by atoms with E-state index in [4.69, 9.17) is 0 Å². The van der Waals surface area contributed by atoms with Gasteiger partial charge in [-0.3, -0.25) is 0 Å². The third kappa shape index (κ3) is 3.08. The number of halogens is 1. The minimum atomic E-state index is -3.63. The molecule has 1 heterocycles. The first-order valence-electron chi connectivity index (χ1n) is 5.05. The topological polar surface area (TPSA) is 101 Å². The number of rotatable bonds is 5. The Morgan fingerprint density at radius 2 is 2.00 bits per heavy atom. The predicted molar refractivity (Wildman–Crippen MR) is 59.5 cm³/mol. The van der Waals surface area contributed by atoms with E-state index in [0.717, 1.165) is 12.1 Å². The van der Waals surface area contributed by atoms with Crippen molar-refractivity contribution in [2.75, 3.05) is 6.54 Å². The fourth-order valence-electron chi connectivity index (χ4n) is 1.28. The first-order valence-corrected chi connectivity index (χ1v) is 6.54. The summed E-state index contributed by atoms with van der Waals surface area (Å²) in [5.41, 5.74) is 0. The van der Waals surface area contributed by atoms with Crippen LogP contribution in [0.5, 0.6) is 0 Å². The van der Waals surface area contributed by atoms with Crippen molar-refractivity contribution in [3.63, 3.8) is 0 Å². The van der Waals surface area contributed by atoms with Crippen molar-refractivity contribution in [3.05, 3.63) is 35.9 Å². The van der Waals surface area contributed by atoms with Crippen LogP contribution < -0.4 is 4.72 Å². The van der Waals surface area contributed by atoms with Gasteiger partial charge in [0.05, 0.1) is 4.90 Å². The van der Waals surface area contributed by atoms with E-state index in [9.17, 15) is 12.8 Å². The molecule has 0 radical (unpaired) electrons. The fourth-order valence-corrected chi connectivity index (χ4v) is 2.31. The lowest BCUT2D eigenvalue weighted by Crippen LogP contribution is -2.26. The van der Waals surface area contributed by atoms with Crippen molar-refractivity contribution in [2.24, 2.45) is 0 Å². The molecule has 0 fully saturated rings. The zero-order valence-corrected chi connectivity index (χ0v) is 9.98. The molecule has 1 aromatic carbocycles. The van der Waals surface area contributed by atoms with Crippen molar-refractivity contribution in [1.29, 1.82) is 0 Å². The summed E-state index contributed by atoms with van der Waals surface area (Å²) in [6, 6.07) is 4.58. The number of nitrogens with one attached hydrogen (secondary N) is 2. The van der Waals surface area contributed by atoms with Crippen LogP contribution in [0.2, 0.25) is 0 Å². The molecular formula is C9H10FN5O2S. The highest BCUT2D eigenvalue weighted by Gasteiger charge is 2.13. The highest BCUT2D eigenvalue weighted by molar-refractivity contribution is 7.89. The predicted octanol–water partition coefficient (Wildman–Crippen LogP) is -0.140. The van der Waals surface area contributed by atoms with E-state index in [1.165, 1.54) is 12.1 Å². The number of hydrogen-bond acceptors (Lipinski definition) is 5. The number of nitrogens with zero attached hydrogens (tertiary/aromatic N) is 3. The number of hydrogen-bond donors (Lipinski definition) is 2. The summed E-state index contributed by atoms with van der Waals surface area (Å²) in [5.74, 6) is -0.0717. The van der Waals surface area contributed by atoms with Gasteiger partial charge in [-0.05, 0) is 24.3 Å². The van der Waals surface area contributed by atoms with Gasteiger partial charge in [0.15, 0.2) is 5.82 Å². The van der Waals surface area contributed by atoms with Crippen LogP contribution in [0.1, 0.15) is 5.82 Å². The van der Waals surface area contributed by atoms with E-state index < -0.39 is 15.8 Å². The first kappa shape index (κ1) is 12.6. The van der Waals surface area contributed by atoms with Crippen molar-refractivity contribution in [1.82, 2.24) is 25.3 Å². The molecule has 0 aliphatic carbocycles. The van der Waals surface area contributed by atoms with Gasteiger partial charge >= 0.3 is 0 Å². The Labute approximate surface area is 102 Å². The van der Waals surface area contributed by atoms with Crippen molar-refractivity contribution in [2.45, 2.75) is 11.3 Å². The number of aromatic amines is 1. The maximum atomic E-state index is 12.7. The Bertz CT molecular complexity index is 596. The van der Waals surface area contributed by atoms with Crippen LogP contribution in [0.25, 0.3) is 0 Å². The summed E-state index contributed by atoms with van der Waals surface area (Å²) in [7, 11) is -3.63. The Morgan fingerprint density at radius 3 is 2.61 bits per heavy atom. The maximum absolute atomic E-state index is 12.7. The average molecular weight is 271 g/mol. The SMILES string of the molecule is O=S(=O)(NCCc1nn[nH]n1)c1ccc(F)cc1. The van der Waals surface area contributed by atoms with Crippen LogP contribution in [-0.4, -0.2) is 35.6 Å². The maximum Gasteiger partial charge on any atom is 0.240 e. The third-order valence-electron chi connectivity index (χ3n) is 2.15. The van der Waals surface area contributed by atoms with Crippen molar-refractivity contribution < 1.29 is 12.8 Å². The van der Waals surface area contributed by atoms with Gasteiger partial charge < -0.3 is 0 Å². The zero-order valence-electron chi connectivity index (χ0n) is 9.17. The molecule has 0 bridgehead atoms. The number of H-pyrrole nitrogens is 1. The Hall–Kier alpha value is -1.87. The molecule has 0 saturated heterocycles. The number of benzene rings is 1. The first-order chi connectivity index (χ1) is 8.58. The molecule has 2 aromatic rings. The second-order valence-corrected chi connectivity index (χ2v) is 5.20. The van der Waals surface area contributed by atoms with Crippen LogP contribution >= 0.6 is 0 Å². The van der Waals surface area contributed by atoms with E-state index in [0.29, 0.717) is 12.2 Å². The number of tetrazole rings is 1. The highest BCUT2D eigenvalue weighted by Crippen LogP contribution is 2.09. The fraction of sp³-hybridized carbons (Fsp3) is 0.222. The van der Waals surface area contributed by atoms with E-state index in [-0.39, 0.29) is 11.4 Å². The van der Waals surface area contributed by atoms with Gasteiger partial charge in [-0.1, -0.05) is 5.21 Å². The van der Waals surface area contributed by atoms with Gasteiger partial charge in [-0.2, -0.15) is 5.21 Å². The Balaban J connectivity index is 1.97. The lowest BCUT2D eigenvalue weighted by atomic mass is 10.4. The molecule has 2 N–H and O–H groups in total. The smallest absolute Gasteiger partial charge is 0.211 e. The molecule has 1 aromatic heterocycles. The summed E-state index contributed by atoms with van der Waals surface area (Å²) in [6.07, 6.45) is 0.316. The van der Waals surface area contributed by atoms with Gasteiger partial charge in [-0.15, -0.1) is 10.2 Å².